The van der Waals surface area contributed by atoms with Crippen LogP contribution in [0.4, 0.5) is 11.4 Å². The molecule has 7 nitrogen and oxygen atoms in total. The quantitative estimate of drug-likeness (QED) is 0.556. The van der Waals surface area contributed by atoms with Gasteiger partial charge in [-0.3, -0.25) is 14.4 Å². The van der Waals surface area contributed by atoms with Crippen LogP contribution < -0.4 is 15.0 Å². The highest BCUT2D eigenvalue weighted by molar-refractivity contribution is 5.98. The second-order valence-corrected chi connectivity index (χ2v) is 7.69. The van der Waals surface area contributed by atoms with Gasteiger partial charge < -0.3 is 19.7 Å². The van der Waals surface area contributed by atoms with Crippen molar-refractivity contribution in [2.45, 2.75) is 19.4 Å². The van der Waals surface area contributed by atoms with Crippen molar-refractivity contribution in [1.29, 1.82) is 0 Å². The van der Waals surface area contributed by atoms with Gasteiger partial charge in [-0.25, -0.2) is 0 Å². The number of nitrogens with zero attached hydrogens (tertiary/aromatic N) is 1. The fraction of sp³-hybridized carbons (Fsp3) is 0.192. The van der Waals surface area contributed by atoms with Gasteiger partial charge in [-0.15, -0.1) is 0 Å². The molecule has 2 amide bonds. The first-order chi connectivity index (χ1) is 16.0. The molecule has 7 heteroatoms. The second kappa shape index (κ2) is 9.99. The molecule has 0 aliphatic carbocycles. The largest absolute Gasteiger partial charge is 0.482 e. The Morgan fingerprint density at radius 2 is 1.70 bits per heavy atom. The highest BCUT2D eigenvalue weighted by Gasteiger charge is 2.28. The third-order valence-corrected chi connectivity index (χ3v) is 5.26. The number of aryl methyl sites for hydroxylation is 1. The lowest BCUT2D eigenvalue weighted by atomic mass is 10.1. The Kier molecular flexibility index (Phi) is 6.69. The normalized spacial score (nSPS) is 13.5. The molecule has 0 radical (unpaired) electrons. The average molecular weight is 444 g/mol. The number of carbonyl (C=O) groups is 3. The Morgan fingerprint density at radius 3 is 2.45 bits per heavy atom. The topological polar surface area (TPSA) is 84.9 Å². The van der Waals surface area contributed by atoms with Crippen LogP contribution in [0.1, 0.15) is 23.7 Å². The molecule has 0 saturated heterocycles. The molecule has 1 aliphatic heterocycles. The van der Waals surface area contributed by atoms with Gasteiger partial charge in [0.05, 0.1) is 12.1 Å². The smallest absolute Gasteiger partial charge is 0.308 e. The first kappa shape index (κ1) is 22.1. The lowest BCUT2D eigenvalue weighted by molar-refractivity contribution is -0.154. The van der Waals surface area contributed by atoms with Crippen LogP contribution in [0.2, 0.25) is 0 Å². The number of carbonyl (C=O) groups excluding carboxylic acids is 3. The minimum atomic E-state index is -1.12. The summed E-state index contributed by atoms with van der Waals surface area (Å²) in [7, 11) is 0. The first-order valence-electron chi connectivity index (χ1n) is 10.7. The molecule has 0 fully saturated rings. The number of rotatable bonds is 7. The molecule has 1 N–H and O–H groups in total. The van der Waals surface area contributed by atoms with Crippen LogP contribution in [0.25, 0.3) is 0 Å². The molecule has 3 aromatic carbocycles. The molecular weight excluding hydrogens is 420 g/mol. The van der Waals surface area contributed by atoms with Crippen molar-refractivity contribution in [1.82, 2.24) is 0 Å². The summed E-state index contributed by atoms with van der Waals surface area (Å²) in [4.78, 5) is 39.5. The highest BCUT2D eigenvalue weighted by Crippen LogP contribution is 2.31. The average Bonchev–Trinajstić information content (AvgIpc) is 2.84. The number of para-hydroxylation sites is 2. The van der Waals surface area contributed by atoms with Crippen LogP contribution in [-0.4, -0.2) is 30.9 Å². The lowest BCUT2D eigenvalue weighted by Gasteiger charge is -2.29. The van der Waals surface area contributed by atoms with Gasteiger partial charge in [-0.1, -0.05) is 60.2 Å². The number of amides is 2. The van der Waals surface area contributed by atoms with E-state index in [2.05, 4.69) is 5.32 Å². The zero-order valence-electron chi connectivity index (χ0n) is 18.2. The maximum absolute atomic E-state index is 13.0. The van der Waals surface area contributed by atoms with E-state index in [0.717, 1.165) is 5.56 Å². The van der Waals surface area contributed by atoms with E-state index in [-0.39, 0.29) is 25.5 Å². The fourth-order valence-corrected chi connectivity index (χ4v) is 3.54. The van der Waals surface area contributed by atoms with Gasteiger partial charge in [0.1, 0.15) is 5.75 Å². The van der Waals surface area contributed by atoms with Gasteiger partial charge in [0, 0.05) is 17.8 Å². The Hall–Kier alpha value is -4.13. The standard InChI is InChI=1S/C26H24N2O5/c1-18-11-13-20(14-12-18)27-26(31)25(19-7-3-2-4-8-19)33-24(30)15-16-28-21-9-5-6-10-22(21)32-17-23(28)29/h2-14,25H,15-17H2,1H3,(H,27,31). The minimum Gasteiger partial charge on any atom is -0.482 e. The number of ether oxygens (including phenoxy) is 2. The molecule has 4 rings (SSSR count). The maximum atomic E-state index is 13.0. The summed E-state index contributed by atoms with van der Waals surface area (Å²) in [6.07, 6.45) is -1.19. The van der Waals surface area contributed by atoms with Crippen molar-refractivity contribution in [2.24, 2.45) is 0 Å². The number of esters is 1. The summed E-state index contributed by atoms with van der Waals surface area (Å²) in [6.45, 7) is 1.99. The van der Waals surface area contributed by atoms with Gasteiger partial charge in [-0.2, -0.15) is 0 Å². The van der Waals surface area contributed by atoms with Crippen LogP contribution in [0.5, 0.6) is 5.75 Å². The molecule has 1 aliphatic rings. The van der Waals surface area contributed by atoms with Gasteiger partial charge in [0.2, 0.25) is 6.10 Å². The Labute approximate surface area is 191 Å². The van der Waals surface area contributed by atoms with Gasteiger partial charge in [-0.05, 0) is 31.2 Å². The Morgan fingerprint density at radius 1 is 1.00 bits per heavy atom. The Balaban J connectivity index is 1.45. The van der Waals surface area contributed by atoms with E-state index in [1.165, 1.54) is 4.90 Å². The summed E-state index contributed by atoms with van der Waals surface area (Å²) in [6, 6.07) is 23.3. The van der Waals surface area contributed by atoms with Crippen molar-refractivity contribution >= 4 is 29.2 Å². The molecule has 3 aromatic rings. The van der Waals surface area contributed by atoms with E-state index in [0.29, 0.717) is 22.7 Å². The van der Waals surface area contributed by atoms with Crippen molar-refractivity contribution in [3.05, 3.63) is 90.0 Å². The fourth-order valence-electron chi connectivity index (χ4n) is 3.54. The van der Waals surface area contributed by atoms with Crippen molar-refractivity contribution in [2.75, 3.05) is 23.4 Å². The number of fused-ring (bicyclic) bond motifs is 1. The van der Waals surface area contributed by atoms with Crippen LogP contribution in [0.3, 0.4) is 0 Å². The third-order valence-electron chi connectivity index (χ3n) is 5.26. The maximum Gasteiger partial charge on any atom is 0.308 e. The SMILES string of the molecule is Cc1ccc(NC(=O)C(OC(=O)CCN2C(=O)COc3ccccc32)c2ccccc2)cc1. The molecule has 0 saturated carbocycles. The number of hydrogen-bond acceptors (Lipinski definition) is 5. The molecule has 0 bridgehead atoms. The Bertz CT molecular complexity index is 1140. The summed E-state index contributed by atoms with van der Waals surface area (Å²) in [5.74, 6) is -0.686. The summed E-state index contributed by atoms with van der Waals surface area (Å²) in [5.41, 5.74) is 2.85. The van der Waals surface area contributed by atoms with Crippen LogP contribution in [0.15, 0.2) is 78.9 Å². The first-order valence-corrected chi connectivity index (χ1v) is 10.7. The van der Waals surface area contributed by atoms with Crippen molar-refractivity contribution in [3.8, 4) is 5.75 Å². The molecule has 1 heterocycles. The van der Waals surface area contributed by atoms with Gasteiger partial charge in [0.25, 0.3) is 11.8 Å². The summed E-state index contributed by atoms with van der Waals surface area (Å²) < 4.78 is 11.0. The number of anilines is 2. The minimum absolute atomic E-state index is 0.0682. The van der Waals surface area contributed by atoms with Crippen molar-refractivity contribution in [3.63, 3.8) is 0 Å². The zero-order chi connectivity index (χ0) is 23.2. The molecule has 1 atom stereocenters. The highest BCUT2D eigenvalue weighted by atomic mass is 16.5. The van der Waals surface area contributed by atoms with E-state index in [1.54, 1.807) is 54.6 Å². The number of benzene rings is 3. The second-order valence-electron chi connectivity index (χ2n) is 7.69. The van der Waals surface area contributed by atoms with E-state index >= 15 is 0 Å². The van der Waals surface area contributed by atoms with E-state index < -0.39 is 18.0 Å². The molecule has 33 heavy (non-hydrogen) atoms. The predicted octanol–water partition coefficient (Wildman–Crippen LogP) is 4.03. The molecular formula is C26H24N2O5. The number of hydrogen-bond donors (Lipinski definition) is 1. The van der Waals surface area contributed by atoms with E-state index in [4.69, 9.17) is 9.47 Å². The molecule has 0 spiro atoms. The van der Waals surface area contributed by atoms with Crippen molar-refractivity contribution < 1.29 is 23.9 Å². The zero-order valence-corrected chi connectivity index (χ0v) is 18.2. The molecule has 168 valence electrons. The van der Waals surface area contributed by atoms with E-state index in [9.17, 15) is 14.4 Å². The lowest BCUT2D eigenvalue weighted by Crippen LogP contribution is -2.40. The molecule has 0 aromatic heterocycles. The van der Waals surface area contributed by atoms with Crippen LogP contribution in [-0.2, 0) is 19.1 Å². The monoisotopic (exact) mass is 444 g/mol. The third kappa shape index (κ3) is 5.38. The summed E-state index contributed by atoms with van der Waals surface area (Å²) >= 11 is 0. The molecule has 1 unspecified atom stereocenters. The van der Waals surface area contributed by atoms with E-state index in [1.807, 2.05) is 31.2 Å². The van der Waals surface area contributed by atoms with Gasteiger partial charge >= 0.3 is 5.97 Å². The number of nitrogens with one attached hydrogen (secondary N) is 1. The summed E-state index contributed by atoms with van der Waals surface area (Å²) in [5, 5.41) is 2.80. The van der Waals surface area contributed by atoms with Crippen LogP contribution in [0, 0.1) is 6.92 Å². The van der Waals surface area contributed by atoms with Crippen LogP contribution >= 0.6 is 0 Å². The predicted molar refractivity (Wildman–Crippen MR) is 124 cm³/mol. The van der Waals surface area contributed by atoms with Gasteiger partial charge in [0.15, 0.2) is 6.61 Å².